The van der Waals surface area contributed by atoms with Crippen LogP contribution in [0.2, 0.25) is 0 Å². The molecular formula is C8H7Cl3Si. The molecule has 1 aliphatic carbocycles. The molecule has 0 aliphatic heterocycles. The van der Waals surface area contributed by atoms with Crippen LogP contribution in [-0.2, 0) is 0 Å². The Kier molecular flexibility index (Phi) is 4.16. The topological polar surface area (TPSA) is 0 Å². The lowest BCUT2D eigenvalue weighted by Crippen LogP contribution is -1.85. The van der Waals surface area contributed by atoms with Crippen LogP contribution in [0.15, 0.2) is 24.3 Å². The van der Waals surface area contributed by atoms with E-state index in [1.807, 2.05) is 0 Å². The zero-order chi connectivity index (χ0) is 8.97. The van der Waals surface area contributed by atoms with E-state index >= 15 is 0 Å². The third-order valence-corrected chi connectivity index (χ3v) is 1.44. The lowest BCUT2D eigenvalue weighted by Gasteiger charge is -2.06. The molecule has 0 fully saturated rings. The van der Waals surface area contributed by atoms with Crippen molar-refractivity contribution >= 4 is 52.1 Å². The lowest BCUT2D eigenvalue weighted by atomic mass is 9.99. The first-order chi connectivity index (χ1) is 5.70. The van der Waals surface area contributed by atoms with Crippen molar-refractivity contribution in [1.82, 2.24) is 0 Å². The summed E-state index contributed by atoms with van der Waals surface area (Å²) in [5.41, 5.74) is 2.74. The van der Waals surface area contributed by atoms with Crippen molar-refractivity contribution in [3.63, 3.8) is 0 Å². The van der Waals surface area contributed by atoms with Crippen LogP contribution >= 0.6 is 33.2 Å². The molecule has 1 aliphatic rings. The van der Waals surface area contributed by atoms with E-state index in [4.69, 9.17) is 33.2 Å². The highest BCUT2D eigenvalue weighted by atomic mass is 35.8. The first kappa shape index (κ1) is 10.1. The molecule has 4 heteroatoms. The standard InChI is InChI=1S/C8H6.Cl3HSi/c1-2-4-8-6-5-7(8)3-1;1-4(2)3/h1-6H;4H. The molecule has 0 aromatic heterocycles. The number of hydrogen-bond donors (Lipinski definition) is 0. The SMILES string of the molecule is C1=Cc2ccccc21.Cl[SiH](Cl)Cl. The second-order valence-corrected chi connectivity index (χ2v) is 8.64. The average molecular weight is 238 g/mol. The monoisotopic (exact) mass is 236 g/mol. The van der Waals surface area contributed by atoms with Gasteiger partial charge in [-0.15, -0.1) is 33.2 Å². The summed E-state index contributed by atoms with van der Waals surface area (Å²) in [7, 11) is 0. The Morgan fingerprint density at radius 1 is 0.833 bits per heavy atom. The molecule has 0 spiro atoms. The Morgan fingerprint density at radius 3 is 1.33 bits per heavy atom. The fourth-order valence-corrected chi connectivity index (χ4v) is 0.898. The molecule has 0 unspecified atom stereocenters. The van der Waals surface area contributed by atoms with Crippen LogP contribution < -0.4 is 0 Å². The molecule has 1 aromatic rings. The van der Waals surface area contributed by atoms with Crippen LogP contribution in [-0.4, -0.2) is 6.73 Å². The summed E-state index contributed by atoms with van der Waals surface area (Å²) >= 11 is 14.8. The maximum atomic E-state index is 4.94. The Hall–Kier alpha value is 0.0469. The van der Waals surface area contributed by atoms with Crippen molar-refractivity contribution in [2.24, 2.45) is 0 Å². The van der Waals surface area contributed by atoms with Crippen molar-refractivity contribution in [1.29, 1.82) is 0 Å². The highest BCUT2D eigenvalue weighted by Crippen LogP contribution is 2.21. The van der Waals surface area contributed by atoms with E-state index in [2.05, 4.69) is 36.4 Å². The quantitative estimate of drug-likeness (QED) is 0.485. The number of benzene rings is 1. The first-order valence-corrected chi connectivity index (χ1v) is 8.63. The third kappa shape index (κ3) is 3.19. The van der Waals surface area contributed by atoms with Crippen LogP contribution in [0.25, 0.3) is 12.2 Å². The lowest BCUT2D eigenvalue weighted by molar-refractivity contribution is 1.58. The molecule has 0 radical (unpaired) electrons. The Labute approximate surface area is 87.5 Å². The van der Waals surface area contributed by atoms with Crippen molar-refractivity contribution in [3.05, 3.63) is 35.4 Å². The molecule has 0 N–H and O–H groups in total. The van der Waals surface area contributed by atoms with Crippen LogP contribution in [0, 0.1) is 0 Å². The predicted octanol–water partition coefficient (Wildman–Crippen LogP) is 3.59. The van der Waals surface area contributed by atoms with Gasteiger partial charge >= 0.3 is 6.73 Å². The Balaban J connectivity index is 0.000000157. The molecule has 0 atom stereocenters. The van der Waals surface area contributed by atoms with E-state index in [0.717, 1.165) is 0 Å². The largest absolute Gasteiger partial charge is 0.326 e. The predicted molar refractivity (Wildman–Crippen MR) is 60.1 cm³/mol. The van der Waals surface area contributed by atoms with Crippen LogP contribution in [0.5, 0.6) is 0 Å². The molecule has 0 saturated carbocycles. The van der Waals surface area contributed by atoms with Crippen LogP contribution in [0.4, 0.5) is 0 Å². The molecule has 1 aromatic carbocycles. The van der Waals surface area contributed by atoms with Gasteiger partial charge in [0.1, 0.15) is 0 Å². The van der Waals surface area contributed by atoms with Gasteiger partial charge in [-0.1, -0.05) is 36.4 Å². The number of rotatable bonds is 0. The summed E-state index contributed by atoms with van der Waals surface area (Å²) in [6, 6.07) is 8.36. The van der Waals surface area contributed by atoms with Crippen molar-refractivity contribution in [3.8, 4) is 0 Å². The Bertz CT molecular complexity index is 256. The van der Waals surface area contributed by atoms with Gasteiger partial charge in [-0.25, -0.2) is 0 Å². The van der Waals surface area contributed by atoms with Gasteiger partial charge in [-0.05, 0) is 11.1 Å². The minimum Gasteiger partial charge on any atom is -0.130 e. The maximum Gasteiger partial charge on any atom is 0.326 e. The van der Waals surface area contributed by atoms with Crippen molar-refractivity contribution < 1.29 is 0 Å². The second-order valence-electron chi connectivity index (χ2n) is 2.21. The summed E-state index contributed by atoms with van der Waals surface area (Å²) in [6.07, 6.45) is 4.24. The maximum absolute atomic E-state index is 4.94. The molecule has 12 heavy (non-hydrogen) atoms. The second kappa shape index (κ2) is 4.93. The third-order valence-electron chi connectivity index (χ3n) is 1.44. The highest BCUT2D eigenvalue weighted by molar-refractivity contribution is 7.54. The molecular weight excluding hydrogens is 231 g/mol. The van der Waals surface area contributed by atoms with E-state index in [0.29, 0.717) is 0 Å². The number of halogens is 3. The molecule has 64 valence electrons. The smallest absolute Gasteiger partial charge is 0.130 e. The number of fused-ring (bicyclic) bond motifs is 1. The van der Waals surface area contributed by atoms with Crippen molar-refractivity contribution in [2.45, 2.75) is 0 Å². The Morgan fingerprint density at radius 2 is 1.17 bits per heavy atom. The summed E-state index contributed by atoms with van der Waals surface area (Å²) in [4.78, 5) is 0. The van der Waals surface area contributed by atoms with Crippen LogP contribution in [0.3, 0.4) is 0 Å². The first-order valence-electron chi connectivity index (χ1n) is 3.39. The van der Waals surface area contributed by atoms with Gasteiger partial charge in [0.05, 0.1) is 0 Å². The van der Waals surface area contributed by atoms with E-state index in [1.165, 1.54) is 11.1 Å². The van der Waals surface area contributed by atoms with Gasteiger partial charge in [0, 0.05) is 0 Å². The van der Waals surface area contributed by atoms with Gasteiger partial charge in [-0.3, -0.25) is 0 Å². The van der Waals surface area contributed by atoms with Gasteiger partial charge in [-0.2, -0.15) is 0 Å². The molecule has 0 heterocycles. The minimum absolute atomic E-state index is 1.37. The van der Waals surface area contributed by atoms with Gasteiger partial charge in [0.15, 0.2) is 0 Å². The summed E-state index contributed by atoms with van der Waals surface area (Å²) in [5.74, 6) is 0. The van der Waals surface area contributed by atoms with Gasteiger partial charge < -0.3 is 0 Å². The average Bonchev–Trinajstić information content (AvgIpc) is 1.90. The van der Waals surface area contributed by atoms with Crippen LogP contribution in [0.1, 0.15) is 11.1 Å². The summed E-state index contributed by atoms with van der Waals surface area (Å²) in [5, 5.41) is 0. The van der Waals surface area contributed by atoms with Gasteiger partial charge in [0.2, 0.25) is 0 Å². The zero-order valence-corrected chi connectivity index (χ0v) is 9.60. The number of hydrogen-bond acceptors (Lipinski definition) is 0. The van der Waals surface area contributed by atoms with Crippen molar-refractivity contribution in [2.75, 3.05) is 0 Å². The normalized spacial score (nSPS) is 11.3. The summed E-state index contributed by atoms with van der Waals surface area (Å²) < 4.78 is 0. The molecule has 0 saturated heterocycles. The molecule has 0 bridgehead atoms. The summed E-state index contributed by atoms with van der Waals surface area (Å²) in [6.45, 7) is -1.72. The minimum atomic E-state index is -1.72. The van der Waals surface area contributed by atoms with E-state index < -0.39 is 6.73 Å². The van der Waals surface area contributed by atoms with E-state index in [-0.39, 0.29) is 0 Å². The molecule has 0 nitrogen and oxygen atoms in total. The molecule has 2 rings (SSSR count). The van der Waals surface area contributed by atoms with Gasteiger partial charge in [0.25, 0.3) is 0 Å². The fraction of sp³-hybridized carbons (Fsp3) is 0. The van der Waals surface area contributed by atoms with E-state index in [1.54, 1.807) is 0 Å². The molecule has 0 amide bonds. The fourth-order valence-electron chi connectivity index (χ4n) is 0.898. The van der Waals surface area contributed by atoms with E-state index in [9.17, 15) is 0 Å². The highest BCUT2D eigenvalue weighted by Gasteiger charge is 1.99. The zero-order valence-electron chi connectivity index (χ0n) is 6.18.